The lowest BCUT2D eigenvalue weighted by Gasteiger charge is -2.27. The van der Waals surface area contributed by atoms with Crippen LogP contribution in [0.1, 0.15) is 63.1 Å². The van der Waals surface area contributed by atoms with Gasteiger partial charge in [-0.2, -0.15) is 0 Å². The van der Waals surface area contributed by atoms with Gasteiger partial charge in [0.15, 0.2) is 0 Å². The van der Waals surface area contributed by atoms with Crippen LogP contribution in [0, 0.1) is 13.8 Å². The summed E-state index contributed by atoms with van der Waals surface area (Å²) in [6.45, 7) is 12.3. The molecule has 1 unspecified atom stereocenters. The molecular formula is C22H29N2O3S+. The Morgan fingerprint density at radius 2 is 2.04 bits per heavy atom. The maximum Gasteiger partial charge on any atom is 0.341 e. The summed E-state index contributed by atoms with van der Waals surface area (Å²) < 4.78 is 5.31. The molecule has 5 nitrogen and oxygen atoms in total. The third-order valence-electron chi connectivity index (χ3n) is 5.34. The van der Waals surface area contributed by atoms with E-state index in [1.807, 2.05) is 32.0 Å². The van der Waals surface area contributed by atoms with E-state index in [9.17, 15) is 9.59 Å². The lowest BCUT2D eigenvalue weighted by atomic mass is 10.0. The Kier molecular flexibility index (Phi) is 6.20. The van der Waals surface area contributed by atoms with Crippen molar-refractivity contribution >= 4 is 28.2 Å². The van der Waals surface area contributed by atoms with E-state index in [0.717, 1.165) is 36.2 Å². The Morgan fingerprint density at radius 1 is 1.29 bits per heavy atom. The monoisotopic (exact) mass is 401 g/mol. The molecule has 2 aromatic rings. The molecule has 150 valence electrons. The molecule has 0 saturated carbocycles. The number of thiophene rings is 1. The van der Waals surface area contributed by atoms with Crippen molar-refractivity contribution in [2.24, 2.45) is 0 Å². The first-order valence-corrected chi connectivity index (χ1v) is 10.7. The van der Waals surface area contributed by atoms with Crippen LogP contribution >= 0.6 is 11.3 Å². The highest BCUT2D eigenvalue weighted by molar-refractivity contribution is 7.17. The zero-order valence-corrected chi connectivity index (χ0v) is 18.1. The van der Waals surface area contributed by atoms with Crippen LogP contribution in [0.3, 0.4) is 0 Å². The second-order valence-electron chi connectivity index (χ2n) is 7.69. The van der Waals surface area contributed by atoms with Crippen molar-refractivity contribution in [2.75, 3.05) is 18.5 Å². The molecule has 0 spiro atoms. The molecule has 0 bridgehead atoms. The number of aryl methyl sites for hydroxylation is 2. The second kappa shape index (κ2) is 8.45. The third kappa shape index (κ3) is 4.13. The lowest BCUT2D eigenvalue weighted by molar-refractivity contribution is -0.936. The fourth-order valence-corrected chi connectivity index (χ4v) is 4.93. The number of carbonyl (C=O) groups is 2. The van der Waals surface area contributed by atoms with Gasteiger partial charge in [0.05, 0.1) is 29.6 Å². The first-order chi connectivity index (χ1) is 13.3. The van der Waals surface area contributed by atoms with Gasteiger partial charge in [-0.25, -0.2) is 4.79 Å². The number of carbonyl (C=O) groups excluding carboxylic acids is 2. The Hall–Kier alpha value is -2.18. The molecule has 3 rings (SSSR count). The molecule has 0 radical (unpaired) electrons. The number of fused-ring (bicyclic) bond motifs is 1. The molecule has 28 heavy (non-hydrogen) atoms. The topological polar surface area (TPSA) is 59.8 Å². The molecule has 1 aromatic heterocycles. The molecule has 1 aliphatic heterocycles. The number of amides is 1. The van der Waals surface area contributed by atoms with Gasteiger partial charge < -0.3 is 15.0 Å². The van der Waals surface area contributed by atoms with Gasteiger partial charge in [-0.1, -0.05) is 17.7 Å². The van der Waals surface area contributed by atoms with Gasteiger partial charge in [-0.05, 0) is 51.8 Å². The summed E-state index contributed by atoms with van der Waals surface area (Å²) in [5.74, 6) is -0.525. The van der Waals surface area contributed by atoms with Gasteiger partial charge in [-0.15, -0.1) is 11.3 Å². The Labute approximate surface area is 170 Å². The van der Waals surface area contributed by atoms with E-state index in [-0.39, 0.29) is 11.9 Å². The average Bonchev–Trinajstić information content (AvgIpc) is 3.00. The Bertz CT molecular complexity index is 901. The van der Waals surface area contributed by atoms with Crippen molar-refractivity contribution in [3.05, 3.63) is 50.9 Å². The van der Waals surface area contributed by atoms with Crippen molar-refractivity contribution < 1.29 is 19.2 Å². The predicted molar refractivity (Wildman–Crippen MR) is 113 cm³/mol. The normalized spacial score (nSPS) is 16.0. The van der Waals surface area contributed by atoms with Crippen LogP contribution in [0.25, 0.3) is 0 Å². The van der Waals surface area contributed by atoms with Crippen molar-refractivity contribution in [3.63, 3.8) is 0 Å². The van der Waals surface area contributed by atoms with E-state index in [0.29, 0.717) is 28.8 Å². The van der Waals surface area contributed by atoms with E-state index >= 15 is 0 Å². The van der Waals surface area contributed by atoms with E-state index < -0.39 is 0 Å². The van der Waals surface area contributed by atoms with Gasteiger partial charge in [0.1, 0.15) is 11.5 Å². The van der Waals surface area contributed by atoms with Gasteiger partial charge >= 0.3 is 5.97 Å². The van der Waals surface area contributed by atoms with E-state index in [1.165, 1.54) is 21.1 Å². The molecule has 0 aliphatic carbocycles. The SMILES string of the molecule is CCOC(=O)c1c(NC(=O)c2cc(C)ccc2C)sc2c1CC[NH+](C(C)C)C2. The Balaban J connectivity index is 1.97. The number of hydrogen-bond donors (Lipinski definition) is 2. The molecule has 1 aliphatic rings. The van der Waals surface area contributed by atoms with Crippen molar-refractivity contribution in [3.8, 4) is 0 Å². The average molecular weight is 402 g/mol. The predicted octanol–water partition coefficient (Wildman–Crippen LogP) is 3.14. The van der Waals surface area contributed by atoms with E-state index in [4.69, 9.17) is 4.74 Å². The zero-order chi connectivity index (χ0) is 20.4. The van der Waals surface area contributed by atoms with E-state index in [2.05, 4.69) is 19.2 Å². The van der Waals surface area contributed by atoms with E-state index in [1.54, 1.807) is 6.92 Å². The van der Waals surface area contributed by atoms with Gasteiger partial charge in [0.2, 0.25) is 0 Å². The smallest absolute Gasteiger partial charge is 0.341 e. The van der Waals surface area contributed by atoms with Crippen molar-refractivity contribution in [2.45, 2.75) is 53.6 Å². The number of benzene rings is 1. The molecule has 2 N–H and O–H groups in total. The fourth-order valence-electron chi connectivity index (χ4n) is 3.65. The van der Waals surface area contributed by atoms with Gasteiger partial charge in [0, 0.05) is 12.0 Å². The molecule has 0 saturated heterocycles. The maximum atomic E-state index is 12.9. The molecule has 0 fully saturated rings. The van der Waals surface area contributed by atoms with Crippen LogP contribution < -0.4 is 10.2 Å². The summed E-state index contributed by atoms with van der Waals surface area (Å²) in [5.41, 5.74) is 4.17. The number of nitrogens with one attached hydrogen (secondary N) is 2. The Morgan fingerprint density at radius 3 is 2.71 bits per heavy atom. The summed E-state index contributed by atoms with van der Waals surface area (Å²) in [4.78, 5) is 28.3. The summed E-state index contributed by atoms with van der Waals surface area (Å²) >= 11 is 1.52. The highest BCUT2D eigenvalue weighted by Crippen LogP contribution is 2.36. The maximum absolute atomic E-state index is 12.9. The highest BCUT2D eigenvalue weighted by Gasteiger charge is 2.32. The molecule has 6 heteroatoms. The lowest BCUT2D eigenvalue weighted by Crippen LogP contribution is -3.14. The largest absolute Gasteiger partial charge is 0.462 e. The molecule has 1 aromatic carbocycles. The number of rotatable bonds is 5. The fraction of sp³-hybridized carbons (Fsp3) is 0.455. The minimum Gasteiger partial charge on any atom is -0.462 e. The number of ether oxygens (including phenoxy) is 1. The quantitative estimate of drug-likeness (QED) is 0.757. The summed E-state index contributed by atoms with van der Waals surface area (Å²) in [6.07, 6.45) is 0.826. The van der Waals surface area contributed by atoms with Crippen LogP contribution in [0.2, 0.25) is 0 Å². The summed E-state index contributed by atoms with van der Waals surface area (Å²) in [7, 11) is 0. The van der Waals surface area contributed by atoms with Crippen molar-refractivity contribution in [1.29, 1.82) is 0 Å². The van der Waals surface area contributed by atoms with Crippen LogP contribution in [0.5, 0.6) is 0 Å². The number of anilines is 1. The first kappa shape index (κ1) is 20.6. The number of quaternary nitrogens is 1. The zero-order valence-electron chi connectivity index (χ0n) is 17.3. The van der Waals surface area contributed by atoms with Gasteiger partial charge in [0.25, 0.3) is 5.91 Å². The number of hydrogen-bond acceptors (Lipinski definition) is 4. The minimum absolute atomic E-state index is 0.182. The minimum atomic E-state index is -0.343. The van der Waals surface area contributed by atoms with Crippen LogP contribution in [-0.2, 0) is 17.7 Å². The van der Waals surface area contributed by atoms with Gasteiger partial charge in [-0.3, -0.25) is 4.79 Å². The third-order valence-corrected chi connectivity index (χ3v) is 6.48. The van der Waals surface area contributed by atoms with Crippen LogP contribution in [0.15, 0.2) is 18.2 Å². The number of esters is 1. The van der Waals surface area contributed by atoms with Crippen LogP contribution in [-0.4, -0.2) is 31.1 Å². The molecule has 1 atom stereocenters. The second-order valence-corrected chi connectivity index (χ2v) is 8.80. The van der Waals surface area contributed by atoms with Crippen LogP contribution in [0.4, 0.5) is 5.00 Å². The molecular weight excluding hydrogens is 372 g/mol. The first-order valence-electron chi connectivity index (χ1n) is 9.86. The standard InChI is InChI=1S/C22H28N2O3S/c1-6-27-22(26)19-16-9-10-24(13(2)3)12-18(16)28-21(19)23-20(25)17-11-14(4)7-8-15(17)5/h7-8,11,13H,6,9-10,12H2,1-5H3,(H,23,25)/p+1. The van der Waals surface area contributed by atoms with Crippen molar-refractivity contribution in [1.82, 2.24) is 0 Å². The summed E-state index contributed by atoms with van der Waals surface area (Å²) in [6, 6.07) is 6.34. The highest BCUT2D eigenvalue weighted by atomic mass is 32.1. The molecule has 2 heterocycles. The summed E-state index contributed by atoms with van der Waals surface area (Å²) in [5, 5.41) is 3.62. The molecule has 1 amide bonds.